The lowest BCUT2D eigenvalue weighted by molar-refractivity contribution is 0.352. The Morgan fingerprint density at radius 1 is 1.28 bits per heavy atom. The van der Waals surface area contributed by atoms with Crippen LogP contribution in [0.15, 0.2) is 28.9 Å². The van der Waals surface area contributed by atoms with Crippen LogP contribution in [0, 0.1) is 0 Å². The van der Waals surface area contributed by atoms with Crippen molar-refractivity contribution in [3.63, 3.8) is 0 Å². The van der Waals surface area contributed by atoms with E-state index in [9.17, 15) is 0 Å². The van der Waals surface area contributed by atoms with Gasteiger partial charge < -0.3 is 20.4 Å². The molecule has 96 valence electrons. The first-order chi connectivity index (χ1) is 8.83. The number of nitrogens with one attached hydrogen (secondary N) is 1. The fourth-order valence-electron chi connectivity index (χ4n) is 2.59. The number of likely N-dealkylation sites (tertiary alicyclic amines) is 1. The Bertz CT molecular complexity index is 529. The SMILES string of the molecule is Nc1cc(NCCN2CCCC2)c2occc2c1. The van der Waals surface area contributed by atoms with Crippen LogP contribution >= 0.6 is 0 Å². The van der Waals surface area contributed by atoms with E-state index in [1.807, 2.05) is 18.2 Å². The molecule has 0 amide bonds. The molecule has 4 nitrogen and oxygen atoms in total. The van der Waals surface area contributed by atoms with E-state index in [1.165, 1.54) is 25.9 Å². The van der Waals surface area contributed by atoms with Gasteiger partial charge in [-0.15, -0.1) is 0 Å². The van der Waals surface area contributed by atoms with Crippen LogP contribution < -0.4 is 11.1 Å². The van der Waals surface area contributed by atoms with E-state index in [1.54, 1.807) is 6.26 Å². The topological polar surface area (TPSA) is 54.4 Å². The maximum absolute atomic E-state index is 5.89. The minimum absolute atomic E-state index is 0.771. The van der Waals surface area contributed by atoms with Crippen LogP contribution in [0.5, 0.6) is 0 Å². The summed E-state index contributed by atoms with van der Waals surface area (Å²) in [6, 6.07) is 5.82. The summed E-state index contributed by atoms with van der Waals surface area (Å²) in [7, 11) is 0. The summed E-state index contributed by atoms with van der Waals surface area (Å²) in [5.74, 6) is 0. The Balaban J connectivity index is 1.67. The lowest BCUT2D eigenvalue weighted by Gasteiger charge is -2.15. The van der Waals surface area contributed by atoms with Gasteiger partial charge in [0.25, 0.3) is 0 Å². The van der Waals surface area contributed by atoms with Gasteiger partial charge in [0.1, 0.15) is 0 Å². The summed E-state index contributed by atoms with van der Waals surface area (Å²) in [5, 5.41) is 4.48. The van der Waals surface area contributed by atoms with Crippen LogP contribution in [-0.2, 0) is 0 Å². The summed E-state index contributed by atoms with van der Waals surface area (Å²) in [5.41, 5.74) is 8.55. The molecule has 0 atom stereocenters. The molecular formula is C14H19N3O. The second-order valence-corrected chi connectivity index (χ2v) is 4.88. The fraction of sp³-hybridized carbons (Fsp3) is 0.429. The first-order valence-electron chi connectivity index (χ1n) is 6.56. The highest BCUT2D eigenvalue weighted by Gasteiger charge is 2.11. The van der Waals surface area contributed by atoms with E-state index in [0.717, 1.165) is 35.4 Å². The molecular weight excluding hydrogens is 226 g/mol. The number of nitrogens with zero attached hydrogens (tertiary/aromatic N) is 1. The van der Waals surface area contributed by atoms with Gasteiger partial charge in [0, 0.05) is 24.2 Å². The Labute approximate surface area is 107 Å². The van der Waals surface area contributed by atoms with Gasteiger partial charge in [0.05, 0.1) is 12.0 Å². The van der Waals surface area contributed by atoms with Gasteiger partial charge in [0.15, 0.2) is 5.58 Å². The van der Waals surface area contributed by atoms with Crippen molar-refractivity contribution in [1.29, 1.82) is 0 Å². The third-order valence-electron chi connectivity index (χ3n) is 3.52. The first-order valence-corrected chi connectivity index (χ1v) is 6.56. The van der Waals surface area contributed by atoms with Crippen LogP contribution in [0.25, 0.3) is 11.0 Å². The van der Waals surface area contributed by atoms with Crippen LogP contribution in [0.2, 0.25) is 0 Å². The third kappa shape index (κ3) is 2.29. The molecule has 1 aromatic carbocycles. The van der Waals surface area contributed by atoms with Crippen molar-refractivity contribution in [3.05, 3.63) is 24.5 Å². The van der Waals surface area contributed by atoms with Gasteiger partial charge in [-0.1, -0.05) is 0 Å². The predicted octanol–water partition coefficient (Wildman–Crippen LogP) is 2.52. The quantitative estimate of drug-likeness (QED) is 0.813. The monoisotopic (exact) mass is 245 g/mol. The summed E-state index contributed by atoms with van der Waals surface area (Å²) >= 11 is 0. The van der Waals surface area contributed by atoms with E-state index in [4.69, 9.17) is 10.2 Å². The molecule has 0 saturated carbocycles. The molecule has 0 unspecified atom stereocenters. The highest BCUT2D eigenvalue weighted by Crippen LogP contribution is 2.27. The van der Waals surface area contributed by atoms with Gasteiger partial charge in [0.2, 0.25) is 0 Å². The maximum Gasteiger partial charge on any atom is 0.157 e. The molecule has 0 radical (unpaired) electrons. The molecule has 2 aromatic rings. The van der Waals surface area contributed by atoms with Gasteiger partial charge in [-0.05, 0) is 44.1 Å². The molecule has 0 bridgehead atoms. The minimum atomic E-state index is 0.771. The highest BCUT2D eigenvalue weighted by atomic mass is 16.3. The Morgan fingerprint density at radius 2 is 2.11 bits per heavy atom. The average Bonchev–Trinajstić information content (AvgIpc) is 2.98. The summed E-state index contributed by atoms with van der Waals surface area (Å²) in [4.78, 5) is 2.48. The molecule has 1 saturated heterocycles. The zero-order chi connectivity index (χ0) is 12.4. The number of rotatable bonds is 4. The number of anilines is 2. The number of hydrogen-bond donors (Lipinski definition) is 2. The summed E-state index contributed by atoms with van der Waals surface area (Å²) < 4.78 is 5.49. The average molecular weight is 245 g/mol. The standard InChI is InChI=1S/C14H19N3O/c15-12-9-11-3-8-18-14(11)13(10-12)16-4-7-17-5-1-2-6-17/h3,8-10,16H,1-2,4-7,15H2. The highest BCUT2D eigenvalue weighted by molar-refractivity contribution is 5.92. The van der Waals surface area contributed by atoms with Gasteiger partial charge in [-0.3, -0.25) is 0 Å². The van der Waals surface area contributed by atoms with Crippen LogP contribution in [0.1, 0.15) is 12.8 Å². The van der Waals surface area contributed by atoms with Crippen molar-refractivity contribution in [2.24, 2.45) is 0 Å². The van der Waals surface area contributed by atoms with E-state index >= 15 is 0 Å². The van der Waals surface area contributed by atoms with E-state index < -0.39 is 0 Å². The van der Waals surface area contributed by atoms with Crippen LogP contribution in [0.4, 0.5) is 11.4 Å². The molecule has 0 aliphatic carbocycles. The number of hydrogen-bond acceptors (Lipinski definition) is 4. The Kier molecular flexibility index (Phi) is 3.11. The van der Waals surface area contributed by atoms with E-state index in [0.29, 0.717) is 0 Å². The largest absolute Gasteiger partial charge is 0.462 e. The second-order valence-electron chi connectivity index (χ2n) is 4.88. The molecule has 1 aliphatic rings. The van der Waals surface area contributed by atoms with Gasteiger partial charge in [-0.25, -0.2) is 0 Å². The maximum atomic E-state index is 5.89. The number of nitrogen functional groups attached to an aromatic ring is 1. The van der Waals surface area contributed by atoms with E-state index in [2.05, 4.69) is 10.2 Å². The molecule has 1 aliphatic heterocycles. The lowest BCUT2D eigenvalue weighted by atomic mass is 10.2. The molecule has 18 heavy (non-hydrogen) atoms. The first kappa shape index (κ1) is 11.4. The molecule has 0 spiro atoms. The third-order valence-corrected chi connectivity index (χ3v) is 3.52. The summed E-state index contributed by atoms with van der Waals surface area (Å²) in [6.07, 6.45) is 4.37. The van der Waals surface area contributed by atoms with Gasteiger partial charge in [-0.2, -0.15) is 0 Å². The normalized spacial score (nSPS) is 16.4. The Hall–Kier alpha value is -1.68. The van der Waals surface area contributed by atoms with Gasteiger partial charge >= 0.3 is 0 Å². The molecule has 1 aromatic heterocycles. The Morgan fingerprint density at radius 3 is 2.94 bits per heavy atom. The number of benzene rings is 1. The molecule has 2 heterocycles. The van der Waals surface area contributed by atoms with E-state index in [-0.39, 0.29) is 0 Å². The fourth-order valence-corrected chi connectivity index (χ4v) is 2.59. The van der Waals surface area contributed by atoms with Crippen molar-refractivity contribution >= 4 is 22.3 Å². The minimum Gasteiger partial charge on any atom is -0.462 e. The zero-order valence-electron chi connectivity index (χ0n) is 10.5. The van der Waals surface area contributed by atoms with Crippen molar-refractivity contribution in [3.8, 4) is 0 Å². The van der Waals surface area contributed by atoms with Crippen molar-refractivity contribution in [2.45, 2.75) is 12.8 Å². The molecule has 3 N–H and O–H groups in total. The number of furan rings is 1. The smallest absolute Gasteiger partial charge is 0.157 e. The number of fused-ring (bicyclic) bond motifs is 1. The number of nitrogens with two attached hydrogens (primary N) is 1. The lowest BCUT2D eigenvalue weighted by Crippen LogP contribution is -2.25. The molecule has 1 fully saturated rings. The summed E-state index contributed by atoms with van der Waals surface area (Å²) in [6.45, 7) is 4.47. The second kappa shape index (κ2) is 4.90. The van der Waals surface area contributed by atoms with Crippen molar-refractivity contribution in [1.82, 2.24) is 4.90 Å². The molecule has 3 rings (SSSR count). The van der Waals surface area contributed by atoms with Crippen LogP contribution in [0.3, 0.4) is 0 Å². The molecule has 4 heteroatoms. The van der Waals surface area contributed by atoms with Crippen molar-refractivity contribution < 1.29 is 4.42 Å². The zero-order valence-corrected chi connectivity index (χ0v) is 10.5. The van der Waals surface area contributed by atoms with Crippen LogP contribution in [-0.4, -0.2) is 31.1 Å². The predicted molar refractivity (Wildman–Crippen MR) is 74.8 cm³/mol. The van der Waals surface area contributed by atoms with Crippen molar-refractivity contribution in [2.75, 3.05) is 37.2 Å².